The predicted octanol–water partition coefficient (Wildman–Crippen LogP) is 2.44. The summed E-state index contributed by atoms with van der Waals surface area (Å²) in [4.78, 5) is 11.3. The molecule has 1 fully saturated rings. The molecule has 0 aromatic carbocycles. The molecule has 0 aliphatic heterocycles. The van der Waals surface area contributed by atoms with Crippen molar-refractivity contribution < 1.29 is 9.90 Å². The molecule has 13 heavy (non-hydrogen) atoms. The third kappa shape index (κ3) is 4.41. The van der Waals surface area contributed by atoms with E-state index >= 15 is 0 Å². The van der Waals surface area contributed by atoms with E-state index in [9.17, 15) is 9.90 Å². The van der Waals surface area contributed by atoms with Crippen LogP contribution in [0.1, 0.15) is 58.3 Å². The number of Topliss-reactive ketones (excluding diaryl/α,β-unsaturated/α-hetero) is 1. The van der Waals surface area contributed by atoms with Crippen LogP contribution in [0, 0.1) is 0 Å². The van der Waals surface area contributed by atoms with Crippen molar-refractivity contribution in [1.82, 2.24) is 0 Å². The number of rotatable bonds is 7. The van der Waals surface area contributed by atoms with Crippen LogP contribution >= 0.6 is 0 Å². The number of carbonyl (C=O) groups is 1. The lowest BCUT2D eigenvalue weighted by Gasteiger charge is -2.05. The van der Waals surface area contributed by atoms with Gasteiger partial charge in [-0.2, -0.15) is 0 Å². The Kier molecular flexibility index (Phi) is 3.91. The molecule has 2 heteroatoms. The van der Waals surface area contributed by atoms with Crippen LogP contribution in [0.2, 0.25) is 0 Å². The first kappa shape index (κ1) is 10.7. The normalized spacial score (nSPS) is 18.6. The monoisotopic (exact) mass is 184 g/mol. The minimum Gasteiger partial charge on any atom is -0.389 e. The van der Waals surface area contributed by atoms with Gasteiger partial charge in [0.25, 0.3) is 0 Å². The van der Waals surface area contributed by atoms with E-state index < -0.39 is 5.60 Å². The summed E-state index contributed by atoms with van der Waals surface area (Å²) in [6.07, 6.45) is 7.31. The zero-order valence-electron chi connectivity index (χ0n) is 8.51. The highest BCUT2D eigenvalue weighted by Crippen LogP contribution is 2.38. The summed E-state index contributed by atoms with van der Waals surface area (Å²) >= 11 is 0. The summed E-state index contributed by atoms with van der Waals surface area (Å²) < 4.78 is 0. The van der Waals surface area contributed by atoms with Crippen molar-refractivity contribution in [3.63, 3.8) is 0 Å². The van der Waals surface area contributed by atoms with Crippen LogP contribution < -0.4 is 0 Å². The Labute approximate surface area is 80.3 Å². The quantitative estimate of drug-likeness (QED) is 0.617. The molecule has 0 amide bonds. The zero-order chi connectivity index (χ0) is 9.73. The van der Waals surface area contributed by atoms with Crippen LogP contribution in [0.15, 0.2) is 0 Å². The van der Waals surface area contributed by atoms with Crippen LogP contribution in [0.3, 0.4) is 0 Å². The Balaban J connectivity index is 1.98. The molecule has 0 unspecified atom stereocenters. The Morgan fingerprint density at radius 2 is 2.00 bits per heavy atom. The Hall–Kier alpha value is -0.370. The van der Waals surface area contributed by atoms with Gasteiger partial charge in [0.15, 0.2) is 0 Å². The van der Waals surface area contributed by atoms with Crippen LogP contribution in [0.4, 0.5) is 0 Å². The molecular formula is C11H20O2. The second kappa shape index (κ2) is 4.75. The van der Waals surface area contributed by atoms with Gasteiger partial charge in [0, 0.05) is 12.8 Å². The third-order valence-corrected chi connectivity index (χ3v) is 2.66. The van der Waals surface area contributed by atoms with E-state index in [1.54, 1.807) is 0 Å². The summed E-state index contributed by atoms with van der Waals surface area (Å²) in [5, 5.41) is 9.48. The average molecular weight is 184 g/mol. The molecule has 76 valence electrons. The minimum atomic E-state index is -0.582. The summed E-state index contributed by atoms with van der Waals surface area (Å²) in [7, 11) is 0. The molecule has 0 aromatic rings. The van der Waals surface area contributed by atoms with Crippen molar-refractivity contribution in [1.29, 1.82) is 0 Å². The van der Waals surface area contributed by atoms with Gasteiger partial charge >= 0.3 is 0 Å². The van der Waals surface area contributed by atoms with Crippen molar-refractivity contribution in [3.05, 3.63) is 0 Å². The van der Waals surface area contributed by atoms with E-state index in [2.05, 4.69) is 6.92 Å². The molecule has 0 radical (unpaired) electrons. The van der Waals surface area contributed by atoms with Gasteiger partial charge < -0.3 is 5.11 Å². The van der Waals surface area contributed by atoms with Crippen molar-refractivity contribution in [2.75, 3.05) is 0 Å². The van der Waals surface area contributed by atoms with E-state index in [-0.39, 0.29) is 5.78 Å². The fourth-order valence-corrected chi connectivity index (χ4v) is 1.53. The summed E-state index contributed by atoms with van der Waals surface area (Å²) in [5.74, 6) is 0.246. The minimum absolute atomic E-state index is 0.246. The van der Waals surface area contributed by atoms with Crippen LogP contribution in [-0.4, -0.2) is 16.5 Å². The molecule has 2 nitrogen and oxygen atoms in total. The van der Waals surface area contributed by atoms with Gasteiger partial charge in [-0.05, 0) is 19.3 Å². The maximum Gasteiger partial charge on any atom is 0.135 e. The van der Waals surface area contributed by atoms with Crippen LogP contribution in [0.25, 0.3) is 0 Å². The maximum atomic E-state index is 11.3. The molecule has 1 saturated carbocycles. The SMILES string of the molecule is CCCCCCC(=O)CC1(O)CC1. The first-order chi connectivity index (χ1) is 6.16. The smallest absolute Gasteiger partial charge is 0.135 e. The molecule has 0 saturated heterocycles. The van der Waals surface area contributed by atoms with Crippen molar-refractivity contribution in [2.24, 2.45) is 0 Å². The Morgan fingerprint density at radius 1 is 1.31 bits per heavy atom. The van der Waals surface area contributed by atoms with E-state index in [4.69, 9.17) is 0 Å². The van der Waals surface area contributed by atoms with Gasteiger partial charge in [0.2, 0.25) is 0 Å². The molecule has 1 rings (SSSR count). The van der Waals surface area contributed by atoms with Gasteiger partial charge in [-0.25, -0.2) is 0 Å². The molecule has 0 spiro atoms. The maximum absolute atomic E-state index is 11.3. The topological polar surface area (TPSA) is 37.3 Å². The number of unbranched alkanes of at least 4 members (excludes halogenated alkanes) is 3. The van der Waals surface area contributed by atoms with Gasteiger partial charge in [-0.3, -0.25) is 4.79 Å². The fraction of sp³-hybridized carbons (Fsp3) is 0.909. The molecular weight excluding hydrogens is 164 g/mol. The number of hydrogen-bond acceptors (Lipinski definition) is 2. The Bertz CT molecular complexity index is 171. The van der Waals surface area contributed by atoms with Crippen LogP contribution in [0.5, 0.6) is 0 Å². The van der Waals surface area contributed by atoms with Crippen LogP contribution in [-0.2, 0) is 4.79 Å². The standard InChI is InChI=1S/C11H20O2/c1-2-3-4-5-6-10(12)9-11(13)7-8-11/h13H,2-9H2,1H3. The van der Waals surface area contributed by atoms with Crippen molar-refractivity contribution in [3.8, 4) is 0 Å². The summed E-state index contributed by atoms with van der Waals surface area (Å²) in [5.41, 5.74) is -0.582. The highest BCUT2D eigenvalue weighted by molar-refractivity contribution is 5.79. The summed E-state index contributed by atoms with van der Waals surface area (Å²) in [6.45, 7) is 2.16. The highest BCUT2D eigenvalue weighted by atomic mass is 16.3. The lowest BCUT2D eigenvalue weighted by atomic mass is 10.1. The third-order valence-electron chi connectivity index (χ3n) is 2.66. The molecule has 1 N–H and O–H groups in total. The lowest BCUT2D eigenvalue weighted by molar-refractivity contribution is -0.121. The highest BCUT2D eigenvalue weighted by Gasteiger charge is 2.41. The number of carbonyl (C=O) groups excluding carboxylic acids is 1. The zero-order valence-corrected chi connectivity index (χ0v) is 8.51. The predicted molar refractivity (Wildman–Crippen MR) is 52.6 cm³/mol. The first-order valence-electron chi connectivity index (χ1n) is 5.40. The molecule has 0 atom stereocenters. The number of aliphatic hydroxyl groups is 1. The average Bonchev–Trinajstić information content (AvgIpc) is 2.77. The number of hydrogen-bond donors (Lipinski definition) is 1. The second-order valence-corrected chi connectivity index (χ2v) is 4.25. The second-order valence-electron chi connectivity index (χ2n) is 4.25. The van der Waals surface area contributed by atoms with Crippen molar-refractivity contribution >= 4 is 5.78 Å². The fourth-order valence-electron chi connectivity index (χ4n) is 1.53. The number of ketones is 1. The van der Waals surface area contributed by atoms with Gasteiger partial charge in [-0.15, -0.1) is 0 Å². The summed E-state index contributed by atoms with van der Waals surface area (Å²) in [6, 6.07) is 0. The molecule has 1 aliphatic rings. The van der Waals surface area contributed by atoms with Gasteiger partial charge in [-0.1, -0.05) is 26.2 Å². The molecule has 0 bridgehead atoms. The molecule has 0 heterocycles. The van der Waals surface area contributed by atoms with E-state index in [0.29, 0.717) is 12.8 Å². The Morgan fingerprint density at radius 3 is 2.54 bits per heavy atom. The van der Waals surface area contributed by atoms with E-state index in [0.717, 1.165) is 25.7 Å². The van der Waals surface area contributed by atoms with Gasteiger partial charge in [0.05, 0.1) is 5.60 Å². The van der Waals surface area contributed by atoms with E-state index in [1.165, 1.54) is 12.8 Å². The molecule has 0 aromatic heterocycles. The first-order valence-corrected chi connectivity index (χ1v) is 5.40. The largest absolute Gasteiger partial charge is 0.389 e. The molecule has 1 aliphatic carbocycles. The lowest BCUT2D eigenvalue weighted by Crippen LogP contribution is -2.13. The van der Waals surface area contributed by atoms with E-state index in [1.807, 2.05) is 0 Å². The van der Waals surface area contributed by atoms with Gasteiger partial charge in [0.1, 0.15) is 5.78 Å². The van der Waals surface area contributed by atoms with Crippen molar-refractivity contribution in [2.45, 2.75) is 63.9 Å².